The second-order valence-electron chi connectivity index (χ2n) is 5.40. The van der Waals surface area contributed by atoms with Gasteiger partial charge >= 0.3 is 0 Å². The van der Waals surface area contributed by atoms with Gasteiger partial charge in [-0.2, -0.15) is 0 Å². The Bertz CT molecular complexity index is 697. The maximum Gasteiger partial charge on any atom is 0.175 e. The Morgan fingerprint density at radius 3 is 2.67 bits per heavy atom. The highest BCUT2D eigenvalue weighted by molar-refractivity contribution is 7.80. The fourth-order valence-corrected chi connectivity index (χ4v) is 2.88. The van der Waals surface area contributed by atoms with E-state index in [2.05, 4.69) is 22.8 Å². The molecule has 3 rings (SSSR count). The van der Waals surface area contributed by atoms with E-state index in [9.17, 15) is 4.39 Å². The van der Waals surface area contributed by atoms with Crippen LogP contribution in [0.1, 0.15) is 23.1 Å². The Morgan fingerprint density at radius 1 is 1.05 bits per heavy atom. The van der Waals surface area contributed by atoms with Gasteiger partial charge < -0.3 is 10.6 Å². The highest BCUT2D eigenvalue weighted by Gasteiger charge is 2.11. The Morgan fingerprint density at radius 2 is 1.86 bits per heavy atom. The predicted octanol–water partition coefficient (Wildman–Crippen LogP) is 4.43. The van der Waals surface area contributed by atoms with E-state index in [-0.39, 0.29) is 5.82 Å². The van der Waals surface area contributed by atoms with Crippen LogP contribution in [0.4, 0.5) is 15.8 Å². The summed E-state index contributed by atoms with van der Waals surface area (Å²) in [4.78, 5) is 0. The average Bonchev–Trinajstić information content (AvgIpc) is 2.89. The van der Waals surface area contributed by atoms with Gasteiger partial charge in [0.05, 0.1) is 5.69 Å². The molecular formula is C17H17FN2S. The lowest BCUT2D eigenvalue weighted by Gasteiger charge is -2.12. The first-order chi connectivity index (χ1) is 10.1. The molecule has 1 aliphatic rings. The highest BCUT2D eigenvalue weighted by atomic mass is 32.1. The van der Waals surface area contributed by atoms with Crippen molar-refractivity contribution in [3.63, 3.8) is 0 Å². The summed E-state index contributed by atoms with van der Waals surface area (Å²) in [7, 11) is 0. The number of nitrogens with one attached hydrogen (secondary N) is 2. The van der Waals surface area contributed by atoms with E-state index in [0.29, 0.717) is 10.8 Å². The zero-order valence-corrected chi connectivity index (χ0v) is 12.7. The Hall–Kier alpha value is -1.94. The van der Waals surface area contributed by atoms with Crippen LogP contribution in [-0.4, -0.2) is 5.11 Å². The van der Waals surface area contributed by atoms with Gasteiger partial charge in [0.1, 0.15) is 5.82 Å². The van der Waals surface area contributed by atoms with Crippen molar-refractivity contribution in [3.8, 4) is 0 Å². The molecule has 0 radical (unpaired) electrons. The van der Waals surface area contributed by atoms with Gasteiger partial charge in [0, 0.05) is 5.69 Å². The van der Waals surface area contributed by atoms with Gasteiger partial charge in [0.15, 0.2) is 5.11 Å². The molecule has 0 saturated heterocycles. The Labute approximate surface area is 129 Å². The average molecular weight is 300 g/mol. The molecule has 1 aliphatic carbocycles. The molecule has 0 unspecified atom stereocenters. The van der Waals surface area contributed by atoms with Crippen LogP contribution in [0, 0.1) is 12.7 Å². The molecule has 0 heterocycles. The van der Waals surface area contributed by atoms with Gasteiger partial charge in [-0.25, -0.2) is 4.39 Å². The van der Waals surface area contributed by atoms with Crippen LogP contribution < -0.4 is 10.6 Å². The van der Waals surface area contributed by atoms with Gasteiger partial charge in [-0.1, -0.05) is 12.1 Å². The topological polar surface area (TPSA) is 24.1 Å². The maximum atomic E-state index is 13.8. The summed E-state index contributed by atoms with van der Waals surface area (Å²) in [6.07, 6.45) is 3.50. The minimum Gasteiger partial charge on any atom is -0.332 e. The molecular weight excluding hydrogens is 283 g/mol. The molecule has 0 aromatic heterocycles. The van der Waals surface area contributed by atoms with Crippen LogP contribution >= 0.6 is 12.2 Å². The highest BCUT2D eigenvalue weighted by Crippen LogP contribution is 2.25. The zero-order chi connectivity index (χ0) is 14.8. The van der Waals surface area contributed by atoms with Crippen molar-refractivity contribution in [2.75, 3.05) is 10.6 Å². The van der Waals surface area contributed by atoms with Crippen LogP contribution in [0.2, 0.25) is 0 Å². The van der Waals surface area contributed by atoms with Gasteiger partial charge in [-0.3, -0.25) is 0 Å². The predicted molar refractivity (Wildman–Crippen MR) is 89.4 cm³/mol. The van der Waals surface area contributed by atoms with Crippen molar-refractivity contribution in [2.24, 2.45) is 0 Å². The van der Waals surface area contributed by atoms with E-state index < -0.39 is 0 Å². The van der Waals surface area contributed by atoms with Crippen LogP contribution in [-0.2, 0) is 12.8 Å². The standard InChI is InChI=1S/C17H17FN2S/c1-11-5-8-16(15(18)9-11)20-17(21)19-14-7-6-12-3-2-4-13(12)10-14/h5-10H,2-4H2,1H3,(H2,19,20,21). The summed E-state index contributed by atoms with van der Waals surface area (Å²) in [5.41, 5.74) is 5.02. The molecule has 0 bridgehead atoms. The molecule has 2 N–H and O–H groups in total. The monoisotopic (exact) mass is 300 g/mol. The van der Waals surface area contributed by atoms with E-state index in [1.165, 1.54) is 23.6 Å². The van der Waals surface area contributed by atoms with Gasteiger partial charge in [-0.15, -0.1) is 0 Å². The summed E-state index contributed by atoms with van der Waals surface area (Å²) in [6.45, 7) is 1.86. The van der Waals surface area contributed by atoms with E-state index in [1.807, 2.05) is 19.1 Å². The minimum atomic E-state index is -0.298. The van der Waals surface area contributed by atoms with E-state index in [4.69, 9.17) is 12.2 Å². The Kier molecular flexibility index (Phi) is 3.88. The largest absolute Gasteiger partial charge is 0.332 e. The minimum absolute atomic E-state index is 0.298. The SMILES string of the molecule is Cc1ccc(NC(=S)Nc2ccc3c(c2)CCC3)c(F)c1. The number of fused-ring (bicyclic) bond motifs is 1. The molecule has 0 atom stereocenters. The molecule has 0 amide bonds. The van der Waals surface area contributed by atoms with Crippen molar-refractivity contribution in [3.05, 3.63) is 58.9 Å². The number of aryl methyl sites for hydroxylation is 3. The molecule has 0 fully saturated rings. The molecule has 2 aromatic rings. The van der Waals surface area contributed by atoms with E-state index in [1.54, 1.807) is 6.07 Å². The number of halogens is 1. The van der Waals surface area contributed by atoms with Crippen molar-refractivity contribution in [1.82, 2.24) is 0 Å². The van der Waals surface area contributed by atoms with Crippen molar-refractivity contribution < 1.29 is 4.39 Å². The van der Waals surface area contributed by atoms with Crippen molar-refractivity contribution >= 4 is 28.7 Å². The maximum absolute atomic E-state index is 13.8. The number of hydrogen-bond acceptors (Lipinski definition) is 1. The van der Waals surface area contributed by atoms with Crippen LogP contribution in [0.5, 0.6) is 0 Å². The lowest BCUT2D eigenvalue weighted by Crippen LogP contribution is -2.19. The Balaban J connectivity index is 1.69. The third-order valence-electron chi connectivity index (χ3n) is 3.73. The van der Waals surface area contributed by atoms with Gasteiger partial charge in [0.2, 0.25) is 0 Å². The molecule has 0 spiro atoms. The second-order valence-corrected chi connectivity index (χ2v) is 5.81. The van der Waals surface area contributed by atoms with Gasteiger partial charge in [-0.05, 0) is 79.4 Å². The second kappa shape index (κ2) is 5.82. The lowest BCUT2D eigenvalue weighted by atomic mass is 10.1. The lowest BCUT2D eigenvalue weighted by molar-refractivity contribution is 0.631. The first kappa shape index (κ1) is 14.0. The first-order valence-electron chi connectivity index (χ1n) is 7.08. The zero-order valence-electron chi connectivity index (χ0n) is 11.9. The van der Waals surface area contributed by atoms with E-state index in [0.717, 1.165) is 24.1 Å². The third-order valence-corrected chi connectivity index (χ3v) is 3.93. The quantitative estimate of drug-likeness (QED) is 0.802. The summed E-state index contributed by atoms with van der Waals surface area (Å²) < 4.78 is 13.8. The van der Waals surface area contributed by atoms with Crippen LogP contribution in [0.3, 0.4) is 0 Å². The smallest absolute Gasteiger partial charge is 0.175 e. The molecule has 108 valence electrons. The number of benzene rings is 2. The van der Waals surface area contributed by atoms with E-state index >= 15 is 0 Å². The molecule has 2 aromatic carbocycles. The molecule has 4 heteroatoms. The summed E-state index contributed by atoms with van der Waals surface area (Å²) in [6, 6.07) is 11.3. The summed E-state index contributed by atoms with van der Waals surface area (Å²) >= 11 is 5.25. The van der Waals surface area contributed by atoms with Crippen molar-refractivity contribution in [2.45, 2.75) is 26.2 Å². The fraction of sp³-hybridized carbons (Fsp3) is 0.235. The molecule has 21 heavy (non-hydrogen) atoms. The van der Waals surface area contributed by atoms with Crippen LogP contribution in [0.25, 0.3) is 0 Å². The number of thiocarbonyl (C=S) groups is 1. The van der Waals surface area contributed by atoms with Crippen molar-refractivity contribution in [1.29, 1.82) is 0 Å². The molecule has 0 saturated carbocycles. The number of hydrogen-bond donors (Lipinski definition) is 2. The summed E-state index contributed by atoms with van der Waals surface area (Å²) in [5, 5.41) is 6.41. The van der Waals surface area contributed by atoms with Crippen LogP contribution in [0.15, 0.2) is 36.4 Å². The first-order valence-corrected chi connectivity index (χ1v) is 7.48. The molecule has 2 nitrogen and oxygen atoms in total. The fourth-order valence-electron chi connectivity index (χ4n) is 2.66. The third kappa shape index (κ3) is 3.22. The number of rotatable bonds is 2. The summed E-state index contributed by atoms with van der Waals surface area (Å²) in [5.74, 6) is -0.298. The normalized spacial score (nSPS) is 12.9. The number of anilines is 2. The van der Waals surface area contributed by atoms with Gasteiger partial charge in [0.25, 0.3) is 0 Å². The molecule has 0 aliphatic heterocycles.